The van der Waals surface area contributed by atoms with E-state index in [-0.39, 0.29) is 12.2 Å². The monoisotopic (exact) mass is 406 g/mol. The smallest absolute Gasteiger partial charge is 0.258 e. The van der Waals surface area contributed by atoms with E-state index in [4.69, 9.17) is 7.48 Å². The first-order chi connectivity index (χ1) is 15.3. The molecule has 1 aliphatic heterocycles. The van der Waals surface area contributed by atoms with E-state index in [1.54, 1.807) is 12.3 Å². The van der Waals surface area contributed by atoms with Crippen LogP contribution in [0.5, 0.6) is 5.75 Å². The predicted octanol–water partition coefficient (Wildman–Crippen LogP) is 3.09. The second kappa shape index (κ2) is 7.42. The predicted molar refractivity (Wildman–Crippen MR) is 112 cm³/mol. The number of ether oxygens (including phenoxy) is 1. The Morgan fingerprint density at radius 1 is 1.27 bits per heavy atom. The standard InChI is InChI=1S/C23H21FN4O2/c1-27-21-6-8-25-13-20(21)19-5-4-17(10-22(19)27)28-9-7-18(11-23(28)29)30-14-16-3-2-15(24)12-26-16/h2-5,7,9-12,25H,6,8,13-14H2,1H3/i13D2. The van der Waals surface area contributed by atoms with Gasteiger partial charge < -0.3 is 14.6 Å². The van der Waals surface area contributed by atoms with Crippen LogP contribution in [0.2, 0.25) is 0 Å². The van der Waals surface area contributed by atoms with Gasteiger partial charge in [0.1, 0.15) is 18.2 Å². The van der Waals surface area contributed by atoms with Gasteiger partial charge in [-0.25, -0.2) is 4.39 Å². The number of benzene rings is 1. The van der Waals surface area contributed by atoms with Gasteiger partial charge in [-0.05, 0) is 35.9 Å². The van der Waals surface area contributed by atoms with E-state index >= 15 is 0 Å². The number of halogens is 1. The summed E-state index contributed by atoms with van der Waals surface area (Å²) >= 11 is 0. The highest BCUT2D eigenvalue weighted by molar-refractivity contribution is 5.87. The van der Waals surface area contributed by atoms with Gasteiger partial charge in [0.25, 0.3) is 5.56 Å². The van der Waals surface area contributed by atoms with E-state index in [1.807, 2.05) is 29.8 Å². The highest BCUT2D eigenvalue weighted by atomic mass is 19.1. The number of nitrogens with zero attached hydrogens (tertiary/aromatic N) is 3. The van der Waals surface area contributed by atoms with Crippen LogP contribution < -0.4 is 15.6 Å². The van der Waals surface area contributed by atoms with Gasteiger partial charge in [0, 0.05) is 52.6 Å². The van der Waals surface area contributed by atoms with Crippen LogP contribution >= 0.6 is 0 Å². The topological polar surface area (TPSA) is 61.1 Å². The number of aryl methyl sites for hydroxylation is 1. The molecule has 5 rings (SSSR count). The molecule has 0 atom stereocenters. The molecule has 6 nitrogen and oxygen atoms in total. The van der Waals surface area contributed by atoms with Crippen molar-refractivity contribution in [1.29, 1.82) is 0 Å². The quantitative estimate of drug-likeness (QED) is 0.566. The molecule has 1 aromatic carbocycles. The Hall–Kier alpha value is -3.45. The maximum atomic E-state index is 13.0. The summed E-state index contributed by atoms with van der Waals surface area (Å²) in [5.41, 5.74) is 3.48. The van der Waals surface area contributed by atoms with E-state index in [9.17, 15) is 9.18 Å². The van der Waals surface area contributed by atoms with E-state index in [0.717, 1.165) is 29.2 Å². The zero-order chi connectivity index (χ0) is 22.5. The second-order valence-electron chi connectivity index (χ2n) is 7.21. The Bertz CT molecular complexity index is 1380. The SMILES string of the molecule is [2H]C1([2H])NCCc2c1c1ccc(-n3ccc(OCc4ccc(F)cn4)cc3=O)cc1n2C. The van der Waals surface area contributed by atoms with Crippen LogP contribution in [-0.4, -0.2) is 20.7 Å². The number of rotatable bonds is 4. The summed E-state index contributed by atoms with van der Waals surface area (Å²) in [5, 5.41) is 3.77. The third-order valence-electron chi connectivity index (χ3n) is 5.35. The second-order valence-corrected chi connectivity index (χ2v) is 7.21. The summed E-state index contributed by atoms with van der Waals surface area (Å²) in [6.07, 6.45) is 3.50. The molecule has 152 valence electrons. The molecule has 4 aromatic rings. The molecule has 0 bridgehead atoms. The van der Waals surface area contributed by atoms with Crippen LogP contribution in [-0.2, 0) is 26.6 Å². The van der Waals surface area contributed by atoms with Crippen LogP contribution in [0.25, 0.3) is 16.6 Å². The third-order valence-corrected chi connectivity index (χ3v) is 5.35. The molecule has 0 fully saturated rings. The molecular weight excluding hydrogens is 383 g/mol. The average molecular weight is 406 g/mol. The maximum absolute atomic E-state index is 13.0. The lowest BCUT2D eigenvalue weighted by Gasteiger charge is -2.14. The van der Waals surface area contributed by atoms with Gasteiger partial charge in [-0.1, -0.05) is 6.07 Å². The molecule has 1 aliphatic rings. The molecule has 0 radical (unpaired) electrons. The molecule has 0 saturated carbocycles. The first-order valence-corrected chi connectivity index (χ1v) is 9.66. The minimum Gasteiger partial charge on any atom is -0.487 e. The molecule has 0 saturated heterocycles. The van der Waals surface area contributed by atoms with E-state index < -0.39 is 12.3 Å². The number of nitrogens with one attached hydrogen (secondary N) is 1. The fraction of sp³-hybridized carbons (Fsp3) is 0.217. The molecule has 1 N–H and O–H groups in total. The fourth-order valence-corrected chi connectivity index (χ4v) is 3.80. The van der Waals surface area contributed by atoms with Crippen molar-refractivity contribution in [3.63, 3.8) is 0 Å². The first kappa shape index (κ1) is 16.4. The van der Waals surface area contributed by atoms with Crippen molar-refractivity contribution >= 4 is 10.9 Å². The van der Waals surface area contributed by atoms with Crippen LogP contribution in [0, 0.1) is 5.82 Å². The van der Waals surface area contributed by atoms with Gasteiger partial charge in [0.2, 0.25) is 0 Å². The Morgan fingerprint density at radius 3 is 2.97 bits per heavy atom. The van der Waals surface area contributed by atoms with Crippen molar-refractivity contribution in [3.8, 4) is 11.4 Å². The van der Waals surface area contributed by atoms with Gasteiger partial charge in [-0.2, -0.15) is 0 Å². The fourth-order valence-electron chi connectivity index (χ4n) is 3.80. The molecule has 0 aliphatic carbocycles. The van der Waals surface area contributed by atoms with Crippen LogP contribution in [0.4, 0.5) is 4.39 Å². The minimum atomic E-state index is -1.59. The molecule has 0 spiro atoms. The molecule has 7 heteroatoms. The highest BCUT2D eigenvalue weighted by Crippen LogP contribution is 2.29. The number of hydrogen-bond acceptors (Lipinski definition) is 4. The lowest BCUT2D eigenvalue weighted by atomic mass is 10.1. The first-order valence-electron chi connectivity index (χ1n) is 10.7. The number of pyridine rings is 2. The van der Waals surface area contributed by atoms with Crippen molar-refractivity contribution < 1.29 is 11.9 Å². The molecular formula is C23H21FN4O2. The van der Waals surface area contributed by atoms with Crippen molar-refractivity contribution in [1.82, 2.24) is 19.4 Å². The average Bonchev–Trinajstić information content (AvgIpc) is 3.06. The molecule has 0 unspecified atom stereocenters. The number of hydrogen-bond donors (Lipinski definition) is 1. The summed E-state index contributed by atoms with van der Waals surface area (Å²) in [6, 6.07) is 11.5. The third kappa shape index (κ3) is 3.27. The zero-order valence-corrected chi connectivity index (χ0v) is 16.4. The zero-order valence-electron chi connectivity index (χ0n) is 18.4. The van der Waals surface area contributed by atoms with Gasteiger partial charge in [-0.3, -0.25) is 14.3 Å². The largest absolute Gasteiger partial charge is 0.487 e. The minimum absolute atomic E-state index is 0.126. The van der Waals surface area contributed by atoms with E-state index in [1.165, 1.54) is 22.8 Å². The van der Waals surface area contributed by atoms with Crippen LogP contribution in [0.1, 0.15) is 19.7 Å². The molecule has 30 heavy (non-hydrogen) atoms. The molecule has 0 amide bonds. The maximum Gasteiger partial charge on any atom is 0.258 e. The summed E-state index contributed by atoms with van der Waals surface area (Å²) in [5.74, 6) is -0.0214. The van der Waals surface area contributed by atoms with Gasteiger partial charge in [0.15, 0.2) is 0 Å². The normalized spacial score (nSPS) is 16.1. The van der Waals surface area contributed by atoms with Gasteiger partial charge in [0.05, 0.1) is 23.1 Å². The molecule has 4 heterocycles. The van der Waals surface area contributed by atoms with Gasteiger partial charge >= 0.3 is 0 Å². The Balaban J connectivity index is 1.46. The summed E-state index contributed by atoms with van der Waals surface area (Å²) in [7, 11) is 1.93. The summed E-state index contributed by atoms with van der Waals surface area (Å²) in [6.45, 7) is -0.893. The number of aromatic nitrogens is 3. The van der Waals surface area contributed by atoms with Crippen molar-refractivity contribution in [2.75, 3.05) is 6.54 Å². The lowest BCUT2D eigenvalue weighted by molar-refractivity contribution is 0.300. The Kier molecular flexibility index (Phi) is 4.05. The van der Waals surface area contributed by atoms with Crippen molar-refractivity contribution in [3.05, 3.63) is 88.0 Å². The van der Waals surface area contributed by atoms with Crippen LogP contribution in [0.15, 0.2) is 59.7 Å². The van der Waals surface area contributed by atoms with Crippen LogP contribution in [0.3, 0.4) is 0 Å². The van der Waals surface area contributed by atoms with E-state index in [0.29, 0.717) is 29.2 Å². The molecule has 3 aromatic heterocycles. The van der Waals surface area contributed by atoms with Gasteiger partial charge in [-0.15, -0.1) is 0 Å². The van der Waals surface area contributed by atoms with Crippen molar-refractivity contribution in [2.24, 2.45) is 7.05 Å². The highest BCUT2D eigenvalue weighted by Gasteiger charge is 2.18. The lowest BCUT2D eigenvalue weighted by Crippen LogP contribution is -2.24. The Labute approximate surface area is 175 Å². The number of fused-ring (bicyclic) bond motifs is 3. The summed E-state index contributed by atoms with van der Waals surface area (Å²) < 4.78 is 38.8. The van der Waals surface area contributed by atoms with Crippen molar-refractivity contribution in [2.45, 2.75) is 19.5 Å². The van der Waals surface area contributed by atoms with E-state index in [2.05, 4.69) is 10.3 Å². The Morgan fingerprint density at radius 2 is 2.17 bits per heavy atom. The summed E-state index contributed by atoms with van der Waals surface area (Å²) in [4.78, 5) is 16.7.